The minimum Gasteiger partial charge on any atom is -0.442 e. The van der Waals surface area contributed by atoms with Gasteiger partial charge in [-0.05, 0) is 18.2 Å². The zero-order valence-corrected chi connectivity index (χ0v) is 16.0. The molecule has 2 N–H and O–H groups in total. The van der Waals surface area contributed by atoms with Crippen LogP contribution in [0.2, 0.25) is 0 Å². The van der Waals surface area contributed by atoms with Crippen molar-refractivity contribution >= 4 is 23.4 Å². The van der Waals surface area contributed by atoms with E-state index in [2.05, 4.69) is 5.32 Å². The van der Waals surface area contributed by atoms with Gasteiger partial charge in [-0.1, -0.05) is 0 Å². The lowest BCUT2D eigenvalue weighted by Gasteiger charge is -2.37. The van der Waals surface area contributed by atoms with E-state index in [9.17, 15) is 29.2 Å². The third-order valence-corrected chi connectivity index (χ3v) is 5.15. The lowest BCUT2D eigenvalue weighted by atomic mass is 9.91. The van der Waals surface area contributed by atoms with Crippen LogP contribution in [0.25, 0.3) is 0 Å². The Kier molecular flexibility index (Phi) is 5.87. The molecule has 2 fully saturated rings. The van der Waals surface area contributed by atoms with Gasteiger partial charge in [-0.25, -0.2) is 9.18 Å². The molecule has 3 rings (SSSR count). The molecule has 2 heterocycles. The SMILES string of the molecule is CC(=O)NCC1CN(c2ccc(N3CCC(O)(C[N+](=O)[O-])CC3)c(F)c2)C(=O)O1. The molecule has 0 bridgehead atoms. The van der Waals surface area contributed by atoms with Crippen LogP contribution in [-0.2, 0) is 9.53 Å². The summed E-state index contributed by atoms with van der Waals surface area (Å²) in [6.45, 7) is 1.77. The van der Waals surface area contributed by atoms with Crippen LogP contribution in [0.15, 0.2) is 18.2 Å². The number of ether oxygens (including phenoxy) is 1. The number of cyclic esters (lactones) is 1. The van der Waals surface area contributed by atoms with Crippen LogP contribution in [0, 0.1) is 15.9 Å². The van der Waals surface area contributed by atoms with Crippen molar-refractivity contribution in [2.75, 3.05) is 42.5 Å². The average molecular weight is 410 g/mol. The maximum atomic E-state index is 14.7. The van der Waals surface area contributed by atoms with Gasteiger partial charge in [-0.2, -0.15) is 0 Å². The second kappa shape index (κ2) is 8.19. The molecule has 2 aliphatic rings. The number of rotatable bonds is 6. The first-order valence-electron chi connectivity index (χ1n) is 9.28. The van der Waals surface area contributed by atoms with E-state index in [0.29, 0.717) is 11.4 Å². The predicted octanol–water partition coefficient (Wildman–Crippen LogP) is 0.895. The number of amides is 2. The van der Waals surface area contributed by atoms with Crippen LogP contribution in [-0.4, -0.2) is 66.5 Å². The molecule has 0 radical (unpaired) electrons. The third kappa shape index (κ3) is 4.91. The average Bonchev–Trinajstić information content (AvgIpc) is 3.01. The van der Waals surface area contributed by atoms with Crippen LogP contribution in [0.3, 0.4) is 0 Å². The summed E-state index contributed by atoms with van der Waals surface area (Å²) >= 11 is 0. The van der Waals surface area contributed by atoms with Crippen LogP contribution >= 0.6 is 0 Å². The van der Waals surface area contributed by atoms with E-state index in [4.69, 9.17) is 4.74 Å². The number of hydrogen-bond acceptors (Lipinski definition) is 7. The van der Waals surface area contributed by atoms with Crippen molar-refractivity contribution in [3.05, 3.63) is 34.1 Å². The molecule has 0 saturated carbocycles. The first-order chi connectivity index (χ1) is 13.7. The van der Waals surface area contributed by atoms with E-state index < -0.39 is 35.1 Å². The molecular formula is C18H23FN4O6. The zero-order chi connectivity index (χ0) is 21.2. The Hall–Kier alpha value is -2.95. The van der Waals surface area contributed by atoms with E-state index in [0.717, 1.165) is 0 Å². The Bertz CT molecular complexity index is 812. The number of aliphatic hydroxyl groups is 1. The van der Waals surface area contributed by atoms with Crippen LogP contribution < -0.4 is 15.1 Å². The van der Waals surface area contributed by atoms with E-state index in [1.165, 1.54) is 24.0 Å². The van der Waals surface area contributed by atoms with Crippen LogP contribution in [0.5, 0.6) is 0 Å². The maximum Gasteiger partial charge on any atom is 0.414 e. The predicted molar refractivity (Wildman–Crippen MR) is 101 cm³/mol. The van der Waals surface area contributed by atoms with Crippen molar-refractivity contribution < 1.29 is 28.7 Å². The summed E-state index contributed by atoms with van der Waals surface area (Å²) in [5.74, 6) is -0.776. The Labute approximate surface area is 166 Å². The normalized spacial score (nSPS) is 21.1. The number of anilines is 2. The summed E-state index contributed by atoms with van der Waals surface area (Å²) < 4.78 is 19.9. The van der Waals surface area contributed by atoms with Crippen LogP contribution in [0.4, 0.5) is 20.6 Å². The Morgan fingerprint density at radius 2 is 2.14 bits per heavy atom. The maximum absolute atomic E-state index is 14.7. The molecule has 10 nitrogen and oxygen atoms in total. The molecule has 158 valence electrons. The largest absolute Gasteiger partial charge is 0.442 e. The van der Waals surface area contributed by atoms with Gasteiger partial charge < -0.3 is 20.1 Å². The van der Waals surface area contributed by atoms with Gasteiger partial charge >= 0.3 is 6.09 Å². The molecule has 1 atom stereocenters. The lowest BCUT2D eigenvalue weighted by molar-refractivity contribution is -0.501. The van der Waals surface area contributed by atoms with Crippen molar-refractivity contribution in [1.29, 1.82) is 0 Å². The first-order valence-corrected chi connectivity index (χ1v) is 9.28. The second-order valence-corrected chi connectivity index (χ2v) is 7.39. The molecule has 11 heteroatoms. The number of carbonyl (C=O) groups excluding carboxylic acids is 2. The quantitative estimate of drug-likeness (QED) is 0.527. The Morgan fingerprint density at radius 3 is 2.72 bits per heavy atom. The number of nitrogens with one attached hydrogen (secondary N) is 1. The Balaban J connectivity index is 1.64. The zero-order valence-electron chi connectivity index (χ0n) is 16.0. The number of carbonyl (C=O) groups is 2. The first kappa shape index (κ1) is 20.8. The number of piperidine rings is 1. The molecule has 2 aliphatic heterocycles. The van der Waals surface area contributed by atoms with Gasteiger partial charge in [0.1, 0.15) is 17.5 Å². The number of hydrogen-bond donors (Lipinski definition) is 2. The molecule has 0 aromatic heterocycles. The van der Waals surface area contributed by atoms with Gasteiger partial charge in [0.05, 0.1) is 24.5 Å². The van der Waals surface area contributed by atoms with E-state index in [1.54, 1.807) is 11.0 Å². The molecule has 2 amide bonds. The van der Waals surface area contributed by atoms with Crippen molar-refractivity contribution in [2.24, 2.45) is 0 Å². The number of halogens is 1. The molecule has 1 unspecified atom stereocenters. The van der Waals surface area contributed by atoms with Crippen molar-refractivity contribution in [3.8, 4) is 0 Å². The Morgan fingerprint density at radius 1 is 1.45 bits per heavy atom. The standard InChI is InChI=1S/C18H23FN4O6/c1-12(24)20-9-14-10-22(17(25)29-14)13-2-3-16(15(19)8-13)21-6-4-18(26,5-7-21)11-23(27)28/h2-3,8,14,26H,4-7,9-11H2,1H3,(H,20,24). The fourth-order valence-electron chi connectivity index (χ4n) is 3.58. The summed E-state index contributed by atoms with van der Waals surface area (Å²) in [6, 6.07) is 4.37. The summed E-state index contributed by atoms with van der Waals surface area (Å²) in [4.78, 5) is 36.2. The lowest BCUT2D eigenvalue weighted by Crippen LogP contribution is -2.48. The monoisotopic (exact) mass is 410 g/mol. The highest BCUT2D eigenvalue weighted by molar-refractivity contribution is 5.90. The molecule has 0 spiro atoms. The molecule has 29 heavy (non-hydrogen) atoms. The fraction of sp³-hybridized carbons (Fsp3) is 0.556. The van der Waals surface area contributed by atoms with E-state index in [-0.39, 0.29) is 44.9 Å². The smallest absolute Gasteiger partial charge is 0.414 e. The van der Waals surface area contributed by atoms with Gasteiger partial charge in [0, 0.05) is 37.8 Å². The van der Waals surface area contributed by atoms with Gasteiger partial charge in [0.2, 0.25) is 12.5 Å². The minimum atomic E-state index is -1.38. The van der Waals surface area contributed by atoms with E-state index >= 15 is 0 Å². The van der Waals surface area contributed by atoms with Gasteiger partial charge in [0.15, 0.2) is 0 Å². The summed E-state index contributed by atoms with van der Waals surface area (Å²) in [6.07, 6.45) is -0.803. The number of benzene rings is 1. The van der Waals surface area contributed by atoms with Crippen molar-refractivity contribution in [3.63, 3.8) is 0 Å². The van der Waals surface area contributed by atoms with Crippen molar-refractivity contribution in [2.45, 2.75) is 31.5 Å². The highest BCUT2D eigenvalue weighted by Crippen LogP contribution is 2.31. The molecule has 2 saturated heterocycles. The molecular weight excluding hydrogens is 387 g/mol. The summed E-state index contributed by atoms with van der Waals surface area (Å²) in [5.41, 5.74) is -0.735. The molecule has 0 aliphatic carbocycles. The second-order valence-electron chi connectivity index (χ2n) is 7.39. The van der Waals surface area contributed by atoms with Gasteiger partial charge in [-0.15, -0.1) is 0 Å². The number of nitrogens with zero attached hydrogens (tertiary/aromatic N) is 3. The minimum absolute atomic E-state index is 0.165. The molecule has 1 aromatic rings. The number of nitro groups is 1. The summed E-state index contributed by atoms with van der Waals surface area (Å²) in [7, 11) is 0. The fourth-order valence-corrected chi connectivity index (χ4v) is 3.58. The summed E-state index contributed by atoms with van der Waals surface area (Å²) in [5, 5.41) is 23.5. The van der Waals surface area contributed by atoms with Crippen molar-refractivity contribution in [1.82, 2.24) is 5.32 Å². The highest BCUT2D eigenvalue weighted by atomic mass is 19.1. The van der Waals surface area contributed by atoms with Gasteiger partial charge in [0.25, 0.3) is 0 Å². The van der Waals surface area contributed by atoms with Crippen LogP contribution in [0.1, 0.15) is 19.8 Å². The topological polar surface area (TPSA) is 125 Å². The molecule has 1 aromatic carbocycles. The third-order valence-electron chi connectivity index (χ3n) is 5.15. The highest BCUT2D eigenvalue weighted by Gasteiger charge is 2.38. The van der Waals surface area contributed by atoms with E-state index in [1.807, 2.05) is 0 Å². The van der Waals surface area contributed by atoms with Gasteiger partial charge in [-0.3, -0.25) is 19.8 Å².